The van der Waals surface area contributed by atoms with Gasteiger partial charge in [-0.25, -0.2) is 9.78 Å². The molecule has 1 saturated heterocycles. The monoisotopic (exact) mass is 434 g/mol. The van der Waals surface area contributed by atoms with E-state index in [2.05, 4.69) is 15.3 Å². The molecule has 3 rings (SSSR count). The lowest BCUT2D eigenvalue weighted by atomic mass is 10.2. The number of fused-ring (bicyclic) bond motifs is 1. The lowest BCUT2D eigenvalue weighted by Crippen LogP contribution is -2.36. The molecule has 1 aliphatic rings. The van der Waals surface area contributed by atoms with E-state index in [0.717, 1.165) is 43.3 Å². The summed E-state index contributed by atoms with van der Waals surface area (Å²) in [6, 6.07) is 0. The number of amides is 2. The molecule has 0 aromatic carbocycles. The lowest BCUT2D eigenvalue weighted by molar-refractivity contribution is -0.138. The van der Waals surface area contributed by atoms with Gasteiger partial charge in [0.2, 0.25) is 11.8 Å². The van der Waals surface area contributed by atoms with Crippen LogP contribution in [0.1, 0.15) is 37.9 Å². The molecule has 2 aromatic heterocycles. The Balaban J connectivity index is 1.39. The largest absolute Gasteiger partial charge is 0.362 e. The molecular weight excluding hydrogens is 404 g/mol. The molecule has 0 saturated carbocycles. The van der Waals surface area contributed by atoms with Crippen molar-refractivity contribution in [1.82, 2.24) is 29.3 Å². The Labute approximate surface area is 179 Å². The van der Waals surface area contributed by atoms with Gasteiger partial charge in [-0.15, -0.1) is 0 Å². The maximum Gasteiger partial charge on any atom is 0.332 e. The lowest BCUT2D eigenvalue weighted by Gasteiger charge is -2.20. The van der Waals surface area contributed by atoms with Crippen molar-refractivity contribution < 1.29 is 14.3 Å². The SMILES string of the molecule is Cn1c(=O)c2[nH]c(CCCNC(=O)COCC(=O)N3CCCCCC3)nc2n(C)c1=O. The Bertz CT molecular complexity index is 1040. The number of aromatic amines is 1. The van der Waals surface area contributed by atoms with Gasteiger partial charge in [0.25, 0.3) is 5.56 Å². The molecule has 0 bridgehead atoms. The second-order valence-corrected chi connectivity index (χ2v) is 7.83. The Morgan fingerprint density at radius 1 is 1.06 bits per heavy atom. The second-order valence-electron chi connectivity index (χ2n) is 7.83. The number of rotatable bonds is 8. The summed E-state index contributed by atoms with van der Waals surface area (Å²) in [5.74, 6) is 0.214. The van der Waals surface area contributed by atoms with Crippen molar-refractivity contribution in [3.63, 3.8) is 0 Å². The Morgan fingerprint density at radius 3 is 2.48 bits per heavy atom. The van der Waals surface area contributed by atoms with E-state index >= 15 is 0 Å². The van der Waals surface area contributed by atoms with Gasteiger partial charge in [0.05, 0.1) is 0 Å². The van der Waals surface area contributed by atoms with Crippen LogP contribution in [-0.4, -0.2) is 68.7 Å². The van der Waals surface area contributed by atoms with Gasteiger partial charge in [0, 0.05) is 40.2 Å². The van der Waals surface area contributed by atoms with Crippen molar-refractivity contribution in [1.29, 1.82) is 0 Å². The number of likely N-dealkylation sites (tertiary alicyclic amines) is 1. The summed E-state index contributed by atoms with van der Waals surface area (Å²) in [6.45, 7) is 1.67. The predicted octanol–water partition coefficient (Wildman–Crippen LogP) is -0.572. The average Bonchev–Trinajstić information content (AvgIpc) is 2.99. The minimum atomic E-state index is -0.433. The third kappa shape index (κ3) is 5.60. The molecule has 2 N–H and O–H groups in total. The summed E-state index contributed by atoms with van der Waals surface area (Å²) in [7, 11) is 2.98. The van der Waals surface area contributed by atoms with Crippen LogP contribution < -0.4 is 16.6 Å². The van der Waals surface area contributed by atoms with Gasteiger partial charge in [-0.3, -0.25) is 23.5 Å². The van der Waals surface area contributed by atoms with Gasteiger partial charge in [0.1, 0.15) is 24.6 Å². The number of ether oxygens (including phenoxy) is 1. The number of hydrogen-bond donors (Lipinski definition) is 2. The van der Waals surface area contributed by atoms with Crippen LogP contribution in [0.25, 0.3) is 11.2 Å². The van der Waals surface area contributed by atoms with Gasteiger partial charge < -0.3 is 19.9 Å². The number of nitrogens with zero attached hydrogens (tertiary/aromatic N) is 4. The van der Waals surface area contributed by atoms with Crippen LogP contribution in [-0.2, 0) is 34.8 Å². The molecule has 1 aliphatic heterocycles. The average molecular weight is 434 g/mol. The number of carbonyl (C=O) groups excluding carboxylic acids is 2. The molecule has 0 aliphatic carbocycles. The summed E-state index contributed by atoms with van der Waals surface area (Å²) in [5, 5.41) is 2.74. The molecular formula is C20H30N6O5. The standard InChI is InChI=1S/C20H30N6O5/c1-24-18-17(19(29)25(2)20(24)30)22-14(23-18)8-7-9-21-15(27)12-31-13-16(28)26-10-5-3-4-6-11-26/h3-13H2,1-2H3,(H,21,27)(H,22,23). The number of H-pyrrole nitrogens is 1. The molecule has 2 amide bonds. The summed E-state index contributed by atoms with van der Waals surface area (Å²) in [6.07, 6.45) is 5.42. The van der Waals surface area contributed by atoms with Gasteiger partial charge >= 0.3 is 5.69 Å². The first kappa shape index (κ1) is 22.7. The van der Waals surface area contributed by atoms with Crippen molar-refractivity contribution >= 4 is 23.0 Å². The van der Waals surface area contributed by atoms with E-state index in [4.69, 9.17) is 4.74 Å². The van der Waals surface area contributed by atoms with E-state index < -0.39 is 11.2 Å². The second kappa shape index (κ2) is 10.4. The highest BCUT2D eigenvalue weighted by Gasteiger charge is 2.16. The highest BCUT2D eigenvalue weighted by atomic mass is 16.5. The van der Waals surface area contributed by atoms with Gasteiger partial charge in [-0.2, -0.15) is 0 Å². The van der Waals surface area contributed by atoms with Gasteiger partial charge in [0.15, 0.2) is 5.65 Å². The topological polar surface area (TPSA) is 131 Å². The van der Waals surface area contributed by atoms with Crippen LogP contribution >= 0.6 is 0 Å². The first-order valence-corrected chi connectivity index (χ1v) is 10.7. The number of hydrogen-bond acceptors (Lipinski definition) is 6. The van der Waals surface area contributed by atoms with Gasteiger partial charge in [-0.05, 0) is 19.3 Å². The van der Waals surface area contributed by atoms with Gasteiger partial charge in [-0.1, -0.05) is 12.8 Å². The molecule has 0 spiro atoms. The van der Waals surface area contributed by atoms with Crippen LogP contribution in [0, 0.1) is 0 Å². The normalized spacial score (nSPS) is 14.6. The third-order valence-electron chi connectivity index (χ3n) is 5.47. The fourth-order valence-electron chi connectivity index (χ4n) is 3.67. The van der Waals surface area contributed by atoms with Crippen molar-refractivity contribution in [2.75, 3.05) is 32.8 Å². The zero-order chi connectivity index (χ0) is 22.4. The summed E-state index contributed by atoms with van der Waals surface area (Å²) in [4.78, 5) is 57.3. The van der Waals surface area contributed by atoms with Crippen molar-refractivity contribution in [3.8, 4) is 0 Å². The van der Waals surface area contributed by atoms with Crippen LogP contribution in [0.15, 0.2) is 9.59 Å². The maximum atomic E-state index is 12.2. The number of aromatic nitrogens is 4. The fourth-order valence-corrected chi connectivity index (χ4v) is 3.67. The molecule has 11 nitrogen and oxygen atoms in total. The van der Waals surface area contributed by atoms with E-state index in [-0.39, 0.29) is 30.5 Å². The first-order chi connectivity index (χ1) is 14.9. The van der Waals surface area contributed by atoms with Crippen LogP contribution in [0.3, 0.4) is 0 Å². The quantitative estimate of drug-likeness (QED) is 0.535. The van der Waals surface area contributed by atoms with Crippen molar-refractivity contribution in [2.45, 2.75) is 38.5 Å². The Kier molecular flexibility index (Phi) is 7.61. The maximum absolute atomic E-state index is 12.2. The Hall–Kier alpha value is -2.95. The van der Waals surface area contributed by atoms with E-state index in [1.54, 1.807) is 11.9 Å². The number of carbonyl (C=O) groups is 2. The van der Waals surface area contributed by atoms with Crippen LogP contribution in [0.2, 0.25) is 0 Å². The van der Waals surface area contributed by atoms with E-state index in [1.807, 2.05) is 0 Å². The predicted molar refractivity (Wildman–Crippen MR) is 114 cm³/mol. The summed E-state index contributed by atoms with van der Waals surface area (Å²) in [5.41, 5.74) is -0.255. The van der Waals surface area contributed by atoms with E-state index in [0.29, 0.717) is 30.9 Å². The molecule has 0 radical (unpaired) electrons. The number of aryl methyl sites for hydroxylation is 2. The Morgan fingerprint density at radius 2 is 1.77 bits per heavy atom. The minimum Gasteiger partial charge on any atom is -0.362 e. The van der Waals surface area contributed by atoms with E-state index in [9.17, 15) is 19.2 Å². The molecule has 11 heteroatoms. The zero-order valence-corrected chi connectivity index (χ0v) is 18.1. The van der Waals surface area contributed by atoms with Crippen LogP contribution in [0.4, 0.5) is 0 Å². The molecule has 2 aromatic rings. The summed E-state index contributed by atoms with van der Waals surface area (Å²) < 4.78 is 7.62. The number of imidazole rings is 1. The highest BCUT2D eigenvalue weighted by Crippen LogP contribution is 2.09. The van der Waals surface area contributed by atoms with Crippen molar-refractivity contribution in [2.24, 2.45) is 14.1 Å². The number of nitrogens with one attached hydrogen (secondary N) is 2. The molecule has 31 heavy (non-hydrogen) atoms. The summed E-state index contributed by atoms with van der Waals surface area (Å²) >= 11 is 0. The molecule has 170 valence electrons. The zero-order valence-electron chi connectivity index (χ0n) is 18.1. The van der Waals surface area contributed by atoms with Crippen LogP contribution in [0.5, 0.6) is 0 Å². The van der Waals surface area contributed by atoms with Crippen molar-refractivity contribution in [3.05, 3.63) is 26.7 Å². The smallest absolute Gasteiger partial charge is 0.332 e. The fraction of sp³-hybridized carbons (Fsp3) is 0.650. The van der Waals surface area contributed by atoms with E-state index in [1.165, 1.54) is 11.6 Å². The highest BCUT2D eigenvalue weighted by molar-refractivity contribution is 5.79. The molecule has 0 unspecified atom stereocenters. The first-order valence-electron chi connectivity index (χ1n) is 10.7. The molecule has 0 atom stereocenters. The third-order valence-corrected chi connectivity index (χ3v) is 5.47. The molecule has 1 fully saturated rings. The minimum absolute atomic E-state index is 0.0693. The molecule has 3 heterocycles.